The lowest BCUT2D eigenvalue weighted by atomic mass is 9.98. The largest absolute Gasteiger partial charge is 0.399 e. The van der Waals surface area contributed by atoms with Crippen molar-refractivity contribution in [3.05, 3.63) is 23.8 Å². The highest BCUT2D eigenvalue weighted by Crippen LogP contribution is 2.26. The molecule has 20 heavy (non-hydrogen) atoms. The highest BCUT2D eigenvalue weighted by molar-refractivity contribution is 7.89. The SMILES string of the molecule is CC1CCN(S(=O)(=O)c2ccc(N)cc2C#N)CC1O. The minimum atomic E-state index is -3.78. The summed E-state index contributed by atoms with van der Waals surface area (Å²) in [6.07, 6.45) is -0.0881. The molecule has 2 rings (SSSR count). The van der Waals surface area contributed by atoms with E-state index in [4.69, 9.17) is 11.0 Å². The number of nitrogens with two attached hydrogens (primary N) is 1. The minimum Gasteiger partial charge on any atom is -0.399 e. The zero-order valence-electron chi connectivity index (χ0n) is 11.2. The Hall–Kier alpha value is -1.62. The average Bonchev–Trinajstić information content (AvgIpc) is 2.41. The van der Waals surface area contributed by atoms with Gasteiger partial charge in [-0.05, 0) is 30.5 Å². The fraction of sp³-hybridized carbons (Fsp3) is 0.462. The zero-order chi connectivity index (χ0) is 14.9. The van der Waals surface area contributed by atoms with Crippen molar-refractivity contribution in [3.8, 4) is 6.07 Å². The summed E-state index contributed by atoms with van der Waals surface area (Å²) in [5.74, 6) is 0.0725. The van der Waals surface area contributed by atoms with Gasteiger partial charge in [-0.3, -0.25) is 0 Å². The fourth-order valence-corrected chi connectivity index (χ4v) is 3.83. The molecule has 1 aliphatic rings. The summed E-state index contributed by atoms with van der Waals surface area (Å²) in [5.41, 5.74) is 5.93. The molecular formula is C13H17N3O3S. The number of nitrogen functional groups attached to an aromatic ring is 1. The fourth-order valence-electron chi connectivity index (χ4n) is 2.24. The van der Waals surface area contributed by atoms with Gasteiger partial charge in [0.25, 0.3) is 0 Å². The normalized spacial score (nSPS) is 24.2. The first kappa shape index (κ1) is 14.8. The van der Waals surface area contributed by atoms with Gasteiger partial charge in [-0.1, -0.05) is 6.92 Å². The van der Waals surface area contributed by atoms with E-state index in [0.29, 0.717) is 18.7 Å². The lowest BCUT2D eigenvalue weighted by Gasteiger charge is -2.33. The molecule has 1 aliphatic heterocycles. The summed E-state index contributed by atoms with van der Waals surface area (Å²) in [7, 11) is -3.78. The van der Waals surface area contributed by atoms with Crippen molar-refractivity contribution in [1.29, 1.82) is 5.26 Å². The first-order chi connectivity index (χ1) is 9.36. The first-order valence-electron chi connectivity index (χ1n) is 6.34. The Labute approximate surface area is 118 Å². The monoisotopic (exact) mass is 295 g/mol. The lowest BCUT2D eigenvalue weighted by molar-refractivity contribution is 0.0605. The first-order valence-corrected chi connectivity index (χ1v) is 7.78. The molecule has 0 aromatic heterocycles. The van der Waals surface area contributed by atoms with Crippen molar-refractivity contribution >= 4 is 15.7 Å². The number of anilines is 1. The standard InChI is InChI=1S/C13H17N3O3S/c1-9-4-5-16(8-12(9)17)20(18,19)13-3-2-11(15)6-10(13)7-14/h2-3,6,9,12,17H,4-5,8,15H2,1H3. The van der Waals surface area contributed by atoms with Crippen LogP contribution in [0.15, 0.2) is 23.1 Å². The molecule has 6 nitrogen and oxygen atoms in total. The van der Waals surface area contributed by atoms with Crippen LogP contribution in [0.2, 0.25) is 0 Å². The lowest BCUT2D eigenvalue weighted by Crippen LogP contribution is -2.45. The Morgan fingerprint density at radius 2 is 2.20 bits per heavy atom. The van der Waals surface area contributed by atoms with Gasteiger partial charge in [0.15, 0.2) is 0 Å². The number of β-amino-alcohol motifs (C(OH)–C–C–N with tert-alkyl or cyclic N) is 1. The van der Waals surface area contributed by atoms with E-state index in [1.165, 1.54) is 22.5 Å². The van der Waals surface area contributed by atoms with E-state index in [2.05, 4.69) is 0 Å². The molecule has 2 atom stereocenters. The Morgan fingerprint density at radius 1 is 1.50 bits per heavy atom. The third kappa shape index (κ3) is 2.63. The highest BCUT2D eigenvalue weighted by atomic mass is 32.2. The number of piperidine rings is 1. The Bertz CT molecular complexity index is 651. The summed E-state index contributed by atoms with van der Waals surface area (Å²) in [6.45, 7) is 2.28. The van der Waals surface area contributed by atoms with Gasteiger partial charge in [0.05, 0.1) is 11.7 Å². The summed E-state index contributed by atoms with van der Waals surface area (Å²) in [5, 5.41) is 18.9. The molecule has 7 heteroatoms. The predicted octanol–water partition coefficient (Wildman–Crippen LogP) is 0.532. The van der Waals surface area contributed by atoms with Gasteiger partial charge in [-0.25, -0.2) is 8.42 Å². The summed E-state index contributed by atoms with van der Waals surface area (Å²) in [4.78, 5) is -0.0593. The summed E-state index contributed by atoms with van der Waals surface area (Å²) < 4.78 is 26.3. The molecule has 1 aromatic carbocycles. The van der Waals surface area contributed by atoms with E-state index in [9.17, 15) is 13.5 Å². The number of rotatable bonds is 2. The molecule has 1 aromatic rings. The van der Waals surface area contributed by atoms with Crippen LogP contribution in [0.4, 0.5) is 5.69 Å². The predicted molar refractivity (Wildman–Crippen MR) is 74.1 cm³/mol. The number of aliphatic hydroxyl groups is 1. The average molecular weight is 295 g/mol. The van der Waals surface area contributed by atoms with Gasteiger partial charge in [0.1, 0.15) is 11.0 Å². The number of aliphatic hydroxyl groups excluding tert-OH is 1. The third-order valence-electron chi connectivity index (χ3n) is 3.62. The molecule has 0 bridgehead atoms. The maximum Gasteiger partial charge on any atom is 0.244 e. The van der Waals surface area contributed by atoms with Crippen LogP contribution in [-0.4, -0.2) is 37.0 Å². The number of nitrogens with zero attached hydrogens (tertiary/aromatic N) is 2. The second-order valence-electron chi connectivity index (χ2n) is 5.06. The summed E-state index contributed by atoms with van der Waals surface area (Å²) in [6, 6.07) is 5.99. The molecule has 1 heterocycles. The molecule has 0 aliphatic carbocycles. The number of sulfonamides is 1. The van der Waals surface area contributed by atoms with Crippen molar-refractivity contribution in [3.63, 3.8) is 0 Å². The van der Waals surface area contributed by atoms with Crippen molar-refractivity contribution < 1.29 is 13.5 Å². The minimum absolute atomic E-state index is 0.0260. The number of hydrogen-bond donors (Lipinski definition) is 2. The van der Waals surface area contributed by atoms with E-state index in [1.807, 2.05) is 13.0 Å². The third-order valence-corrected chi connectivity index (χ3v) is 5.55. The van der Waals surface area contributed by atoms with Gasteiger partial charge in [-0.15, -0.1) is 0 Å². The van der Waals surface area contributed by atoms with Crippen LogP contribution in [0.5, 0.6) is 0 Å². The van der Waals surface area contributed by atoms with E-state index in [1.54, 1.807) is 0 Å². The van der Waals surface area contributed by atoms with E-state index in [-0.39, 0.29) is 22.9 Å². The molecular weight excluding hydrogens is 278 g/mol. The molecule has 0 amide bonds. The Kier molecular flexibility index (Phi) is 3.99. The Balaban J connectivity index is 2.39. The maximum atomic E-state index is 12.6. The topological polar surface area (TPSA) is 107 Å². The number of nitriles is 1. The van der Waals surface area contributed by atoms with E-state index >= 15 is 0 Å². The molecule has 0 spiro atoms. The maximum absolute atomic E-state index is 12.6. The number of benzene rings is 1. The quantitative estimate of drug-likeness (QED) is 0.774. The van der Waals surface area contributed by atoms with Crippen molar-refractivity contribution in [2.75, 3.05) is 18.8 Å². The van der Waals surface area contributed by atoms with Crippen LogP contribution in [0.3, 0.4) is 0 Å². The molecule has 2 unspecified atom stereocenters. The molecule has 108 valence electrons. The molecule has 1 fully saturated rings. The van der Waals surface area contributed by atoms with Crippen molar-refractivity contribution in [2.45, 2.75) is 24.3 Å². The second kappa shape index (κ2) is 5.40. The van der Waals surface area contributed by atoms with Crippen LogP contribution < -0.4 is 5.73 Å². The molecule has 0 saturated carbocycles. The van der Waals surface area contributed by atoms with Gasteiger partial charge in [0, 0.05) is 18.8 Å². The van der Waals surface area contributed by atoms with Crippen molar-refractivity contribution in [2.24, 2.45) is 5.92 Å². The molecule has 0 radical (unpaired) electrons. The van der Waals surface area contributed by atoms with Gasteiger partial charge in [0.2, 0.25) is 10.0 Å². The van der Waals surface area contributed by atoms with E-state index in [0.717, 1.165) is 0 Å². The van der Waals surface area contributed by atoms with Crippen LogP contribution >= 0.6 is 0 Å². The van der Waals surface area contributed by atoms with Crippen molar-refractivity contribution in [1.82, 2.24) is 4.31 Å². The van der Waals surface area contributed by atoms with Gasteiger partial charge >= 0.3 is 0 Å². The second-order valence-corrected chi connectivity index (χ2v) is 6.97. The molecule has 1 saturated heterocycles. The van der Waals surface area contributed by atoms with E-state index < -0.39 is 16.1 Å². The highest BCUT2D eigenvalue weighted by Gasteiger charge is 2.34. The smallest absolute Gasteiger partial charge is 0.244 e. The van der Waals surface area contributed by atoms with Crippen LogP contribution in [0.1, 0.15) is 18.9 Å². The zero-order valence-corrected chi connectivity index (χ0v) is 12.0. The van der Waals surface area contributed by atoms with Crippen LogP contribution in [0.25, 0.3) is 0 Å². The number of hydrogen-bond acceptors (Lipinski definition) is 5. The van der Waals surface area contributed by atoms with Crippen LogP contribution in [-0.2, 0) is 10.0 Å². The van der Waals surface area contributed by atoms with Crippen LogP contribution in [0, 0.1) is 17.2 Å². The van der Waals surface area contributed by atoms with Gasteiger partial charge < -0.3 is 10.8 Å². The summed E-state index contributed by atoms with van der Waals surface area (Å²) >= 11 is 0. The van der Waals surface area contributed by atoms with Gasteiger partial charge in [-0.2, -0.15) is 9.57 Å². The molecule has 3 N–H and O–H groups in total. The Morgan fingerprint density at radius 3 is 2.80 bits per heavy atom.